The van der Waals surface area contributed by atoms with Crippen LogP contribution in [0.3, 0.4) is 0 Å². The molecule has 0 aromatic heterocycles. The van der Waals surface area contributed by atoms with Crippen LogP contribution >= 0.6 is 0 Å². The van der Waals surface area contributed by atoms with Gasteiger partial charge in [0.1, 0.15) is 19.3 Å². The van der Waals surface area contributed by atoms with Crippen LogP contribution in [0, 0.1) is 5.41 Å². The van der Waals surface area contributed by atoms with E-state index in [0.717, 1.165) is 6.08 Å². The maximum absolute atomic E-state index is 11.5. The molecule has 0 amide bonds. The third-order valence-electron chi connectivity index (χ3n) is 2.43. The molecule has 0 aliphatic heterocycles. The molecule has 0 aliphatic carbocycles. The summed E-state index contributed by atoms with van der Waals surface area (Å²) >= 11 is 0. The molecule has 0 saturated heterocycles. The molecular weight excluding hydrogens is 224 g/mol. The van der Waals surface area contributed by atoms with E-state index in [4.69, 9.17) is 4.74 Å². The first kappa shape index (κ1) is 15.6. The van der Waals surface area contributed by atoms with Crippen molar-refractivity contribution in [3.05, 3.63) is 12.7 Å². The number of ether oxygens (including phenoxy) is 2. The Balaban J connectivity index is 3.92. The standard InChI is InChI=1S/C12H20O5/c1-5-10(14)16-7-9(13)8-17-11(15)12(3,4)6-2/h5,9,13H,1,6-8H2,2-4H3. The van der Waals surface area contributed by atoms with Crippen LogP contribution < -0.4 is 0 Å². The summed E-state index contributed by atoms with van der Waals surface area (Å²) in [6, 6.07) is 0. The topological polar surface area (TPSA) is 72.8 Å². The molecule has 0 fully saturated rings. The van der Waals surface area contributed by atoms with Crippen LogP contribution in [-0.4, -0.2) is 36.4 Å². The molecule has 1 atom stereocenters. The van der Waals surface area contributed by atoms with Gasteiger partial charge >= 0.3 is 11.9 Å². The van der Waals surface area contributed by atoms with Crippen molar-refractivity contribution in [2.24, 2.45) is 5.41 Å². The van der Waals surface area contributed by atoms with Gasteiger partial charge in [-0.1, -0.05) is 13.5 Å². The van der Waals surface area contributed by atoms with Crippen molar-refractivity contribution in [2.75, 3.05) is 13.2 Å². The van der Waals surface area contributed by atoms with E-state index in [1.807, 2.05) is 6.92 Å². The van der Waals surface area contributed by atoms with Crippen molar-refractivity contribution in [3.63, 3.8) is 0 Å². The van der Waals surface area contributed by atoms with Gasteiger partial charge in [-0.2, -0.15) is 0 Å². The number of hydrogen-bond acceptors (Lipinski definition) is 5. The Kier molecular flexibility index (Phi) is 6.50. The van der Waals surface area contributed by atoms with E-state index in [2.05, 4.69) is 11.3 Å². The number of aliphatic hydroxyl groups is 1. The Morgan fingerprint density at radius 1 is 1.35 bits per heavy atom. The summed E-state index contributed by atoms with van der Waals surface area (Å²) < 4.78 is 9.52. The fourth-order valence-corrected chi connectivity index (χ4v) is 0.797. The molecule has 0 aliphatic rings. The van der Waals surface area contributed by atoms with Crippen molar-refractivity contribution in [1.29, 1.82) is 0 Å². The lowest BCUT2D eigenvalue weighted by Gasteiger charge is -2.21. The van der Waals surface area contributed by atoms with E-state index in [0.29, 0.717) is 6.42 Å². The van der Waals surface area contributed by atoms with Gasteiger partial charge in [0.2, 0.25) is 0 Å². The first-order valence-corrected chi connectivity index (χ1v) is 5.48. The Labute approximate surface area is 101 Å². The molecule has 0 rings (SSSR count). The number of hydrogen-bond donors (Lipinski definition) is 1. The van der Waals surface area contributed by atoms with Crippen molar-refractivity contribution >= 4 is 11.9 Å². The van der Waals surface area contributed by atoms with Gasteiger partial charge in [0.05, 0.1) is 5.41 Å². The lowest BCUT2D eigenvalue weighted by molar-refractivity contribution is -0.159. The van der Waals surface area contributed by atoms with Gasteiger partial charge in [-0.15, -0.1) is 0 Å². The van der Waals surface area contributed by atoms with Gasteiger partial charge in [0.15, 0.2) is 0 Å². The minimum absolute atomic E-state index is 0.188. The highest BCUT2D eigenvalue weighted by atomic mass is 16.6. The molecule has 98 valence electrons. The van der Waals surface area contributed by atoms with Gasteiger partial charge in [0, 0.05) is 6.08 Å². The van der Waals surface area contributed by atoms with Crippen LogP contribution in [0.4, 0.5) is 0 Å². The third kappa shape index (κ3) is 6.06. The minimum atomic E-state index is -1.02. The third-order valence-corrected chi connectivity index (χ3v) is 2.43. The predicted molar refractivity (Wildman–Crippen MR) is 62.2 cm³/mol. The smallest absolute Gasteiger partial charge is 0.330 e. The molecule has 5 heteroatoms. The zero-order chi connectivity index (χ0) is 13.5. The van der Waals surface area contributed by atoms with E-state index in [1.165, 1.54) is 0 Å². The fourth-order valence-electron chi connectivity index (χ4n) is 0.797. The monoisotopic (exact) mass is 244 g/mol. The van der Waals surface area contributed by atoms with Gasteiger partial charge in [0.25, 0.3) is 0 Å². The van der Waals surface area contributed by atoms with Crippen molar-refractivity contribution < 1.29 is 24.2 Å². The highest BCUT2D eigenvalue weighted by Crippen LogP contribution is 2.21. The molecule has 5 nitrogen and oxygen atoms in total. The van der Waals surface area contributed by atoms with Crippen molar-refractivity contribution in [1.82, 2.24) is 0 Å². The average Bonchev–Trinajstić information content (AvgIpc) is 2.32. The number of esters is 2. The molecule has 17 heavy (non-hydrogen) atoms. The van der Waals surface area contributed by atoms with E-state index < -0.39 is 17.5 Å². The van der Waals surface area contributed by atoms with Gasteiger partial charge in [-0.05, 0) is 20.3 Å². The highest BCUT2D eigenvalue weighted by molar-refractivity contribution is 5.81. The van der Waals surface area contributed by atoms with E-state index in [-0.39, 0.29) is 19.2 Å². The SMILES string of the molecule is C=CC(=O)OCC(O)COC(=O)C(C)(C)CC. The van der Waals surface area contributed by atoms with Crippen LogP contribution in [0.15, 0.2) is 12.7 Å². The summed E-state index contributed by atoms with van der Waals surface area (Å²) in [5.41, 5.74) is -0.572. The first-order valence-electron chi connectivity index (χ1n) is 5.48. The van der Waals surface area contributed by atoms with Crippen LogP contribution in [0.1, 0.15) is 27.2 Å². The summed E-state index contributed by atoms with van der Waals surface area (Å²) in [6.45, 7) is 8.21. The molecule has 0 bridgehead atoms. The lowest BCUT2D eigenvalue weighted by atomic mass is 9.91. The highest BCUT2D eigenvalue weighted by Gasteiger charge is 2.27. The van der Waals surface area contributed by atoms with Crippen molar-refractivity contribution in [3.8, 4) is 0 Å². The van der Waals surface area contributed by atoms with Gasteiger partial charge < -0.3 is 14.6 Å². The Morgan fingerprint density at radius 3 is 2.35 bits per heavy atom. The minimum Gasteiger partial charge on any atom is -0.462 e. The van der Waals surface area contributed by atoms with E-state index >= 15 is 0 Å². The maximum atomic E-state index is 11.5. The van der Waals surface area contributed by atoms with Crippen molar-refractivity contribution in [2.45, 2.75) is 33.3 Å². The number of carbonyl (C=O) groups excluding carboxylic acids is 2. The van der Waals surface area contributed by atoms with E-state index in [9.17, 15) is 14.7 Å². The maximum Gasteiger partial charge on any atom is 0.330 e. The zero-order valence-corrected chi connectivity index (χ0v) is 10.6. The molecule has 0 saturated carbocycles. The Hall–Kier alpha value is -1.36. The predicted octanol–water partition coefficient (Wildman–Crippen LogP) is 1.06. The molecule has 1 N–H and O–H groups in total. The molecule has 1 unspecified atom stereocenters. The molecule has 0 radical (unpaired) electrons. The zero-order valence-electron chi connectivity index (χ0n) is 10.6. The fraction of sp³-hybridized carbons (Fsp3) is 0.667. The van der Waals surface area contributed by atoms with Gasteiger partial charge in [-0.3, -0.25) is 4.79 Å². The summed E-state index contributed by atoms with van der Waals surface area (Å²) in [5, 5.41) is 9.39. The normalized spacial score (nSPS) is 12.7. The largest absolute Gasteiger partial charge is 0.462 e. The van der Waals surface area contributed by atoms with Crippen LogP contribution in [0.25, 0.3) is 0 Å². The summed E-state index contributed by atoms with van der Waals surface area (Å²) in [7, 11) is 0. The summed E-state index contributed by atoms with van der Waals surface area (Å²) in [4.78, 5) is 22.2. The summed E-state index contributed by atoms with van der Waals surface area (Å²) in [5.74, 6) is -1.00. The van der Waals surface area contributed by atoms with Crippen LogP contribution in [0.2, 0.25) is 0 Å². The quantitative estimate of drug-likeness (QED) is 0.535. The average molecular weight is 244 g/mol. The lowest BCUT2D eigenvalue weighted by Crippen LogP contribution is -2.31. The Bertz CT molecular complexity index is 283. The number of rotatable bonds is 7. The first-order chi connectivity index (χ1) is 7.83. The second kappa shape index (κ2) is 7.06. The molecule has 0 spiro atoms. The summed E-state index contributed by atoms with van der Waals surface area (Å²) in [6.07, 6.45) is 0.627. The number of carbonyl (C=O) groups is 2. The molecule has 0 aromatic carbocycles. The van der Waals surface area contributed by atoms with E-state index in [1.54, 1.807) is 13.8 Å². The Morgan fingerprint density at radius 2 is 1.88 bits per heavy atom. The molecular formula is C12H20O5. The number of aliphatic hydroxyl groups excluding tert-OH is 1. The second-order valence-corrected chi connectivity index (χ2v) is 4.32. The molecule has 0 aromatic rings. The van der Waals surface area contributed by atoms with Gasteiger partial charge in [-0.25, -0.2) is 4.79 Å². The van der Waals surface area contributed by atoms with Crippen LogP contribution in [-0.2, 0) is 19.1 Å². The second-order valence-electron chi connectivity index (χ2n) is 4.32. The molecule has 0 heterocycles. The van der Waals surface area contributed by atoms with Crippen LogP contribution in [0.5, 0.6) is 0 Å².